The molecule has 0 heterocycles. The number of nitrogens with one attached hydrogen (secondary N) is 1. The van der Waals surface area contributed by atoms with Gasteiger partial charge in [0.15, 0.2) is 5.09 Å². The lowest BCUT2D eigenvalue weighted by atomic mass is 10.2. The molecule has 10 nitrogen and oxygen atoms in total. The third-order valence-corrected chi connectivity index (χ3v) is 1.90. The fourth-order valence-corrected chi connectivity index (χ4v) is 1.10. The number of nitrogens with two attached hydrogens (primary N) is 1. The van der Waals surface area contributed by atoms with Gasteiger partial charge in [-0.25, -0.2) is 10.1 Å². The first-order valence-corrected chi connectivity index (χ1v) is 4.57. The molecule has 0 saturated heterocycles. The minimum absolute atomic E-state index is 0.147. The van der Waals surface area contributed by atoms with Gasteiger partial charge in [0.25, 0.3) is 5.69 Å². The van der Waals surface area contributed by atoms with E-state index in [4.69, 9.17) is 5.73 Å². The van der Waals surface area contributed by atoms with Gasteiger partial charge in [0.05, 0.1) is 10.6 Å². The van der Waals surface area contributed by atoms with Crippen molar-refractivity contribution in [2.75, 3.05) is 5.32 Å². The molecule has 0 fully saturated rings. The van der Waals surface area contributed by atoms with Crippen LogP contribution in [0.5, 0.6) is 0 Å². The molecule has 1 aromatic rings. The summed E-state index contributed by atoms with van der Waals surface area (Å²) in [5.41, 5.74) is 6.10. The highest BCUT2D eigenvalue weighted by molar-refractivity contribution is 5.92. The van der Waals surface area contributed by atoms with E-state index in [0.29, 0.717) is 11.3 Å². The van der Waals surface area contributed by atoms with Crippen LogP contribution in [0.2, 0.25) is 0 Å². The number of guanidine groups is 1. The van der Waals surface area contributed by atoms with Gasteiger partial charge in [0.2, 0.25) is 0 Å². The molecule has 0 aliphatic rings. The van der Waals surface area contributed by atoms with Crippen molar-refractivity contribution in [1.29, 1.82) is 0 Å². The molecule has 0 unspecified atom stereocenters. The standard InChI is InChI=1S/C8H9N5O5/c1-5-2-3-6(12(14)15)4-7(5)10-8(9)11-18-13(16)17/h2-4H,1H3,(H3,9,10,11). The fourth-order valence-electron chi connectivity index (χ4n) is 1.10. The maximum atomic E-state index is 10.6. The molecule has 0 radical (unpaired) electrons. The van der Waals surface area contributed by atoms with Crippen molar-refractivity contribution in [2.24, 2.45) is 10.9 Å². The van der Waals surface area contributed by atoms with Gasteiger partial charge < -0.3 is 11.1 Å². The normalized spacial score (nSPS) is 10.8. The molecule has 18 heavy (non-hydrogen) atoms. The van der Waals surface area contributed by atoms with Crippen LogP contribution in [0.15, 0.2) is 23.4 Å². The molecule has 0 saturated carbocycles. The summed E-state index contributed by atoms with van der Waals surface area (Å²) in [7, 11) is 0. The molecule has 3 N–H and O–H groups in total. The fraction of sp³-hybridized carbons (Fsp3) is 0.125. The summed E-state index contributed by atoms with van der Waals surface area (Å²) in [5.74, 6) is -0.393. The predicted molar refractivity (Wildman–Crippen MR) is 61.2 cm³/mol. The lowest BCUT2D eigenvalue weighted by molar-refractivity contribution is -0.760. The summed E-state index contributed by atoms with van der Waals surface area (Å²) in [5, 5.41) is 24.7. The summed E-state index contributed by atoms with van der Waals surface area (Å²) in [6, 6.07) is 4.05. The van der Waals surface area contributed by atoms with E-state index in [1.165, 1.54) is 18.2 Å². The second-order valence-corrected chi connectivity index (χ2v) is 3.16. The van der Waals surface area contributed by atoms with Crippen LogP contribution in [0.25, 0.3) is 0 Å². The smallest absolute Gasteiger partial charge is 0.345 e. The number of hydrogen-bond donors (Lipinski definition) is 2. The Kier molecular flexibility index (Phi) is 3.97. The summed E-state index contributed by atoms with van der Waals surface area (Å²) in [4.78, 5) is 23.5. The van der Waals surface area contributed by atoms with E-state index in [2.05, 4.69) is 15.4 Å². The van der Waals surface area contributed by atoms with Crippen LogP contribution in [0.4, 0.5) is 11.4 Å². The van der Waals surface area contributed by atoms with Crippen molar-refractivity contribution >= 4 is 17.3 Å². The van der Waals surface area contributed by atoms with Gasteiger partial charge in [-0.15, -0.1) is 0 Å². The van der Waals surface area contributed by atoms with Gasteiger partial charge in [-0.3, -0.25) is 10.1 Å². The summed E-state index contributed by atoms with van der Waals surface area (Å²) < 4.78 is 0. The van der Waals surface area contributed by atoms with Crippen molar-refractivity contribution in [3.63, 3.8) is 0 Å². The highest BCUT2D eigenvalue weighted by Crippen LogP contribution is 2.21. The van der Waals surface area contributed by atoms with Gasteiger partial charge in [-0.05, 0) is 12.5 Å². The molecule has 0 aromatic heterocycles. The molecular formula is C8H9N5O5. The van der Waals surface area contributed by atoms with Crippen LogP contribution in [0, 0.1) is 27.2 Å². The zero-order chi connectivity index (χ0) is 13.7. The Balaban J connectivity index is 2.89. The van der Waals surface area contributed by atoms with E-state index >= 15 is 0 Å². The number of benzene rings is 1. The topological polar surface area (TPSA) is 146 Å². The quantitative estimate of drug-likeness (QED) is 0.349. The highest BCUT2D eigenvalue weighted by atomic mass is 17.0. The third kappa shape index (κ3) is 3.59. The lowest BCUT2D eigenvalue weighted by Gasteiger charge is -2.05. The van der Waals surface area contributed by atoms with Crippen molar-refractivity contribution in [3.8, 4) is 0 Å². The summed E-state index contributed by atoms with van der Waals surface area (Å²) >= 11 is 0. The first-order chi connectivity index (χ1) is 8.40. The number of anilines is 1. The third-order valence-electron chi connectivity index (χ3n) is 1.90. The number of oxime groups is 1. The van der Waals surface area contributed by atoms with E-state index in [1.807, 2.05) is 0 Å². The Bertz CT molecular complexity index is 515. The largest absolute Gasteiger partial charge is 0.346 e. The molecule has 1 aromatic carbocycles. The molecule has 96 valence electrons. The average Bonchev–Trinajstić information content (AvgIpc) is 2.29. The van der Waals surface area contributed by atoms with Crippen molar-refractivity contribution in [2.45, 2.75) is 6.92 Å². The molecule has 0 amide bonds. The molecule has 0 atom stereocenters. The van der Waals surface area contributed by atoms with Gasteiger partial charge in [0, 0.05) is 12.1 Å². The Hall–Kier alpha value is -2.91. The minimum atomic E-state index is -1.14. The second kappa shape index (κ2) is 5.43. The van der Waals surface area contributed by atoms with Crippen LogP contribution in [-0.4, -0.2) is 16.0 Å². The second-order valence-electron chi connectivity index (χ2n) is 3.16. The van der Waals surface area contributed by atoms with Gasteiger partial charge in [-0.1, -0.05) is 6.07 Å². The first kappa shape index (κ1) is 13.2. The van der Waals surface area contributed by atoms with Gasteiger partial charge >= 0.3 is 5.96 Å². The number of nitrogens with zero attached hydrogens (tertiary/aromatic N) is 3. The zero-order valence-corrected chi connectivity index (χ0v) is 9.19. The monoisotopic (exact) mass is 255 g/mol. The number of aryl methyl sites for hydroxylation is 1. The summed E-state index contributed by atoms with van der Waals surface area (Å²) in [6.45, 7) is 1.67. The average molecular weight is 255 g/mol. The Morgan fingerprint density at radius 1 is 1.44 bits per heavy atom. The Morgan fingerprint density at radius 3 is 2.67 bits per heavy atom. The molecular weight excluding hydrogens is 246 g/mol. The Morgan fingerprint density at radius 2 is 2.11 bits per heavy atom. The highest BCUT2D eigenvalue weighted by Gasteiger charge is 2.10. The van der Waals surface area contributed by atoms with Crippen LogP contribution in [0.3, 0.4) is 0 Å². The number of hydrogen-bond acceptors (Lipinski definition) is 6. The van der Waals surface area contributed by atoms with E-state index in [1.54, 1.807) is 6.92 Å². The van der Waals surface area contributed by atoms with E-state index in [0.717, 1.165) is 0 Å². The van der Waals surface area contributed by atoms with Crippen molar-refractivity contribution in [3.05, 3.63) is 44.0 Å². The molecule has 10 heteroatoms. The maximum absolute atomic E-state index is 10.6. The maximum Gasteiger partial charge on any atom is 0.345 e. The van der Waals surface area contributed by atoms with Crippen LogP contribution >= 0.6 is 0 Å². The number of rotatable bonds is 4. The Labute approximate surface area is 100 Å². The van der Waals surface area contributed by atoms with E-state index in [9.17, 15) is 20.2 Å². The molecule has 1 rings (SSSR count). The lowest BCUT2D eigenvalue weighted by Crippen LogP contribution is -2.23. The number of nitro groups is 1. The number of nitro benzene ring substituents is 1. The molecule has 0 aliphatic heterocycles. The van der Waals surface area contributed by atoms with Crippen molar-refractivity contribution < 1.29 is 14.9 Å². The number of non-ortho nitro benzene ring substituents is 1. The molecule has 0 spiro atoms. The van der Waals surface area contributed by atoms with Crippen LogP contribution < -0.4 is 11.1 Å². The van der Waals surface area contributed by atoms with E-state index in [-0.39, 0.29) is 5.69 Å². The van der Waals surface area contributed by atoms with Gasteiger partial charge in [-0.2, -0.15) is 4.94 Å². The predicted octanol–water partition coefficient (Wildman–Crippen LogP) is 0.753. The van der Waals surface area contributed by atoms with Crippen LogP contribution in [0.1, 0.15) is 5.56 Å². The minimum Gasteiger partial charge on any atom is -0.346 e. The zero-order valence-electron chi connectivity index (χ0n) is 9.19. The SMILES string of the molecule is Cc1ccc([N+](=O)[O-])cc1N/C(N)=N\O[N+](=O)[O-]. The van der Waals surface area contributed by atoms with E-state index < -0.39 is 16.0 Å². The van der Waals surface area contributed by atoms with Crippen LogP contribution in [-0.2, 0) is 4.94 Å². The van der Waals surface area contributed by atoms with Crippen molar-refractivity contribution in [1.82, 2.24) is 0 Å². The molecule has 0 bridgehead atoms. The summed E-state index contributed by atoms with van der Waals surface area (Å²) in [6.07, 6.45) is 0. The van der Waals surface area contributed by atoms with Gasteiger partial charge in [0.1, 0.15) is 5.16 Å². The molecule has 0 aliphatic carbocycles. The first-order valence-electron chi connectivity index (χ1n) is 4.57.